The number of rotatable bonds is 12. The molecule has 2 rings (SSSR count). The quantitative estimate of drug-likeness (QED) is 0.354. The molecular weight excluding hydrogens is 362 g/mol. The zero-order valence-electron chi connectivity index (χ0n) is 16.2. The highest BCUT2D eigenvalue weighted by molar-refractivity contribution is 5.25. The molecule has 0 aromatic heterocycles. The molecule has 3 nitrogen and oxygen atoms in total. The van der Waals surface area contributed by atoms with Crippen LogP contribution >= 0.6 is 0 Å². The number of benzene rings is 2. The normalized spacial score (nSPS) is 11.4. The lowest BCUT2D eigenvalue weighted by Crippen LogP contribution is -2.00. The van der Waals surface area contributed by atoms with E-state index in [-0.39, 0.29) is 18.0 Å². The fourth-order valence-corrected chi connectivity index (χ4v) is 3.35. The number of hydrogen-bond donors (Lipinski definition) is 3. The van der Waals surface area contributed by atoms with Crippen molar-refractivity contribution in [3.05, 3.63) is 70.3 Å². The van der Waals surface area contributed by atoms with Crippen molar-refractivity contribution in [2.75, 3.05) is 0 Å². The summed E-state index contributed by atoms with van der Waals surface area (Å²) in [6.45, 7) is -0.266. The first-order valence-corrected chi connectivity index (χ1v) is 10.0. The molecule has 28 heavy (non-hydrogen) atoms. The minimum atomic E-state index is -1.77. The highest BCUT2D eigenvalue weighted by atomic mass is 19.1. The van der Waals surface area contributed by atoms with Crippen LogP contribution in [0, 0.1) is 11.6 Å². The van der Waals surface area contributed by atoms with Crippen LogP contribution in [-0.2, 0) is 19.4 Å². The van der Waals surface area contributed by atoms with Gasteiger partial charge in [0.1, 0.15) is 11.6 Å². The van der Waals surface area contributed by atoms with Gasteiger partial charge in [0.25, 0.3) is 0 Å². The lowest BCUT2D eigenvalue weighted by molar-refractivity contribution is -0.0449. The van der Waals surface area contributed by atoms with Gasteiger partial charge in [0.05, 0.1) is 6.61 Å². The van der Waals surface area contributed by atoms with Gasteiger partial charge in [0, 0.05) is 11.1 Å². The Hall–Kier alpha value is -1.82. The smallest absolute Gasteiger partial charge is 0.181 e. The zero-order valence-corrected chi connectivity index (χ0v) is 16.2. The molecule has 0 bridgehead atoms. The zero-order chi connectivity index (χ0) is 20.4. The molecule has 0 heterocycles. The summed E-state index contributed by atoms with van der Waals surface area (Å²) in [4.78, 5) is 0. The summed E-state index contributed by atoms with van der Waals surface area (Å²) < 4.78 is 27.3. The molecule has 0 unspecified atom stereocenters. The van der Waals surface area contributed by atoms with Crippen LogP contribution in [0.3, 0.4) is 0 Å². The van der Waals surface area contributed by atoms with Crippen LogP contribution in [0.4, 0.5) is 8.78 Å². The van der Waals surface area contributed by atoms with Crippen LogP contribution in [0.2, 0.25) is 0 Å². The average Bonchev–Trinajstić information content (AvgIpc) is 2.66. The Kier molecular flexibility index (Phi) is 9.55. The fraction of sp³-hybridized carbons (Fsp3) is 0.478. The van der Waals surface area contributed by atoms with E-state index in [9.17, 15) is 8.78 Å². The van der Waals surface area contributed by atoms with E-state index in [0.717, 1.165) is 68.9 Å². The van der Waals surface area contributed by atoms with E-state index in [4.69, 9.17) is 15.3 Å². The van der Waals surface area contributed by atoms with Crippen LogP contribution in [-0.4, -0.2) is 15.3 Å². The molecule has 154 valence electrons. The number of aliphatic hydroxyl groups excluding tert-OH is 2. The molecule has 0 aliphatic heterocycles. The number of hydrogen-bond acceptors (Lipinski definition) is 3. The van der Waals surface area contributed by atoms with E-state index >= 15 is 0 Å². The molecule has 0 fully saturated rings. The van der Waals surface area contributed by atoms with E-state index in [1.165, 1.54) is 18.2 Å². The van der Waals surface area contributed by atoms with Gasteiger partial charge < -0.3 is 15.3 Å². The molecule has 0 atom stereocenters. The maximum absolute atomic E-state index is 13.7. The minimum Gasteiger partial charge on any atom is -0.392 e. The third kappa shape index (κ3) is 7.30. The van der Waals surface area contributed by atoms with Crippen LogP contribution in [0.25, 0.3) is 0 Å². The predicted octanol–water partition coefficient (Wildman–Crippen LogP) is 4.96. The van der Waals surface area contributed by atoms with E-state index in [1.807, 2.05) is 6.07 Å². The number of aryl methyl sites for hydroxylation is 2. The molecule has 5 heteroatoms. The van der Waals surface area contributed by atoms with Crippen molar-refractivity contribution < 1.29 is 24.1 Å². The van der Waals surface area contributed by atoms with Crippen molar-refractivity contribution in [2.45, 2.75) is 70.7 Å². The van der Waals surface area contributed by atoms with Gasteiger partial charge in [-0.3, -0.25) is 0 Å². The minimum absolute atomic E-state index is 0.0872. The van der Waals surface area contributed by atoms with E-state index < -0.39 is 12.1 Å². The third-order valence-electron chi connectivity index (χ3n) is 5.06. The second-order valence-corrected chi connectivity index (χ2v) is 7.29. The van der Waals surface area contributed by atoms with Gasteiger partial charge in [-0.2, -0.15) is 0 Å². The lowest BCUT2D eigenvalue weighted by Gasteiger charge is -2.08. The van der Waals surface area contributed by atoms with Crippen molar-refractivity contribution >= 4 is 0 Å². The Bertz CT molecular complexity index is 732. The first-order chi connectivity index (χ1) is 13.5. The summed E-state index contributed by atoms with van der Waals surface area (Å²) in [6, 6.07) is 9.60. The van der Waals surface area contributed by atoms with Gasteiger partial charge >= 0.3 is 0 Å². The first-order valence-electron chi connectivity index (χ1n) is 10.0. The third-order valence-corrected chi connectivity index (χ3v) is 5.06. The molecule has 2 aromatic rings. The van der Waals surface area contributed by atoms with Gasteiger partial charge in [0.2, 0.25) is 0 Å². The number of aliphatic hydroxyl groups is 3. The molecule has 0 saturated heterocycles. The fourth-order valence-electron chi connectivity index (χ4n) is 3.35. The van der Waals surface area contributed by atoms with E-state index in [2.05, 4.69) is 0 Å². The molecule has 0 spiro atoms. The van der Waals surface area contributed by atoms with Crippen molar-refractivity contribution in [3.63, 3.8) is 0 Å². The maximum Gasteiger partial charge on any atom is 0.181 e. The Morgan fingerprint density at radius 1 is 0.679 bits per heavy atom. The molecule has 0 aliphatic rings. The number of halogens is 2. The lowest BCUT2D eigenvalue weighted by atomic mass is 10.0. The molecule has 2 aromatic carbocycles. The molecule has 0 amide bonds. The van der Waals surface area contributed by atoms with Gasteiger partial charge in [0.15, 0.2) is 6.29 Å². The highest BCUT2D eigenvalue weighted by Crippen LogP contribution is 2.18. The molecule has 0 saturated carbocycles. The highest BCUT2D eigenvalue weighted by Gasteiger charge is 2.09. The molecule has 0 radical (unpaired) electrons. The van der Waals surface area contributed by atoms with E-state index in [1.54, 1.807) is 12.1 Å². The summed E-state index contributed by atoms with van der Waals surface area (Å²) in [6.07, 6.45) is 7.51. The Morgan fingerprint density at radius 2 is 1.18 bits per heavy atom. The van der Waals surface area contributed by atoms with Crippen LogP contribution in [0.15, 0.2) is 36.4 Å². The van der Waals surface area contributed by atoms with Gasteiger partial charge in [-0.15, -0.1) is 0 Å². The first kappa shape index (κ1) is 22.5. The summed E-state index contributed by atoms with van der Waals surface area (Å²) in [5, 5.41) is 27.0. The van der Waals surface area contributed by atoms with E-state index in [0.29, 0.717) is 5.56 Å². The Labute approximate surface area is 165 Å². The molecule has 0 aliphatic carbocycles. The monoisotopic (exact) mass is 392 g/mol. The van der Waals surface area contributed by atoms with Gasteiger partial charge in [-0.05, 0) is 48.9 Å². The van der Waals surface area contributed by atoms with Crippen LogP contribution < -0.4 is 0 Å². The van der Waals surface area contributed by atoms with Crippen molar-refractivity contribution in [3.8, 4) is 0 Å². The van der Waals surface area contributed by atoms with Gasteiger partial charge in [-0.25, -0.2) is 8.78 Å². The maximum atomic E-state index is 13.7. The van der Waals surface area contributed by atoms with Crippen molar-refractivity contribution in [1.82, 2.24) is 0 Å². The van der Waals surface area contributed by atoms with Crippen molar-refractivity contribution in [2.24, 2.45) is 0 Å². The molecule has 3 N–H and O–H groups in total. The summed E-state index contributed by atoms with van der Waals surface area (Å²) in [7, 11) is 0. The second-order valence-electron chi connectivity index (χ2n) is 7.29. The summed E-state index contributed by atoms with van der Waals surface area (Å²) >= 11 is 0. The van der Waals surface area contributed by atoms with Crippen molar-refractivity contribution in [1.29, 1.82) is 0 Å². The average molecular weight is 392 g/mol. The SMILES string of the molecule is OCc1ccc(CCCCCCCCCc2ccc(C(O)O)c(F)c2)cc1F. The van der Waals surface area contributed by atoms with Gasteiger partial charge in [-0.1, -0.05) is 56.4 Å². The number of unbranched alkanes of at least 4 members (excludes halogenated alkanes) is 6. The predicted molar refractivity (Wildman–Crippen MR) is 106 cm³/mol. The largest absolute Gasteiger partial charge is 0.392 e. The Balaban J connectivity index is 1.53. The van der Waals surface area contributed by atoms with Crippen LogP contribution in [0.5, 0.6) is 0 Å². The van der Waals surface area contributed by atoms with Crippen LogP contribution in [0.1, 0.15) is 73.5 Å². The Morgan fingerprint density at radius 3 is 1.64 bits per heavy atom. The standard InChI is InChI=1S/C23H30F2O3/c24-21-14-17(10-12-19(21)16-26)8-6-4-2-1-3-5-7-9-18-11-13-20(23(27)28)22(25)15-18/h10-15,23,26-28H,1-9,16H2. The molecular formula is C23H30F2O3. The topological polar surface area (TPSA) is 60.7 Å². The second kappa shape index (κ2) is 11.9. The summed E-state index contributed by atoms with van der Waals surface area (Å²) in [5.74, 6) is -0.902. The summed E-state index contributed by atoms with van der Waals surface area (Å²) in [5.41, 5.74) is 2.10.